The van der Waals surface area contributed by atoms with Gasteiger partial charge in [0.25, 0.3) is 6.71 Å². The fourth-order valence-corrected chi connectivity index (χ4v) is 14.2. The second-order valence-electron chi connectivity index (χ2n) is 28.4. The first-order chi connectivity index (χ1) is 38.3. The Labute approximate surface area is 487 Å². The van der Waals surface area contributed by atoms with Crippen molar-refractivity contribution in [3.8, 4) is 0 Å². The molecule has 2 heterocycles. The molecule has 0 amide bonds. The lowest BCUT2D eigenvalue weighted by atomic mass is 9.33. The van der Waals surface area contributed by atoms with Gasteiger partial charge in [0.1, 0.15) is 0 Å². The van der Waals surface area contributed by atoms with Crippen LogP contribution >= 0.6 is 0 Å². The smallest absolute Gasteiger partial charge is 0.252 e. The van der Waals surface area contributed by atoms with Gasteiger partial charge in [-0.05, 0) is 131 Å². The van der Waals surface area contributed by atoms with Gasteiger partial charge >= 0.3 is 0 Å². The summed E-state index contributed by atoms with van der Waals surface area (Å²) in [6.07, 6.45) is 0. The summed E-state index contributed by atoms with van der Waals surface area (Å²) in [5.41, 5.74) is 19.9. The quantitative estimate of drug-likeness (QED) is 0.126. The van der Waals surface area contributed by atoms with Gasteiger partial charge in [-0.3, -0.25) is 0 Å². The second-order valence-corrected chi connectivity index (χ2v) is 28.4. The third kappa shape index (κ3) is 8.66. The average Bonchev–Trinajstić information content (AvgIpc) is 3.47. The van der Waals surface area contributed by atoms with Crippen molar-refractivity contribution in [2.45, 2.75) is 132 Å². The van der Waals surface area contributed by atoms with Crippen molar-refractivity contribution < 1.29 is 0 Å². The molecule has 3 heteroatoms. The van der Waals surface area contributed by atoms with Crippen molar-refractivity contribution in [2.24, 2.45) is 21.7 Å². The predicted octanol–water partition coefficient (Wildman–Crippen LogP) is 19.2. The van der Waals surface area contributed by atoms with Crippen LogP contribution in [0.25, 0.3) is 0 Å². The van der Waals surface area contributed by atoms with E-state index in [4.69, 9.17) is 0 Å². The molecule has 0 radical (unpaired) electrons. The molecule has 4 unspecified atom stereocenters. The van der Waals surface area contributed by atoms with Crippen molar-refractivity contribution in [1.29, 1.82) is 0 Å². The molecule has 9 aromatic rings. The molecule has 9 aromatic carbocycles. The molecule has 0 spiro atoms. The molecule has 0 saturated carbocycles. The summed E-state index contributed by atoms with van der Waals surface area (Å²) in [4.78, 5) is 5.26. The molecule has 81 heavy (non-hydrogen) atoms. The molecular formula is C78H85BN2. The Morgan fingerprint density at radius 2 is 0.494 bits per heavy atom. The van der Waals surface area contributed by atoms with Crippen LogP contribution in [-0.2, 0) is 21.7 Å². The molecule has 0 fully saturated rings. The number of fused-ring (bicyclic) bond motifs is 4. The van der Waals surface area contributed by atoms with Gasteiger partial charge in [0.05, 0.1) is 0 Å². The maximum Gasteiger partial charge on any atom is 0.252 e. The van der Waals surface area contributed by atoms with E-state index in [1.54, 1.807) is 0 Å². The Kier molecular flexibility index (Phi) is 13.5. The standard InChI is InChI=1S/C78H85BN2/c1-71(2,3)75(13,54-32-21-17-22-33-54)58-40-29-42-62(50-58)80-66-44-31-45-67-70(66)79(64-48-46-60(52-68(64)80)77(15,73(7,8)9)56-36-25-19-26-37-56)65-49-47-61(78(16,74(10,11)12)57-38-27-20-28-39-57)53-69(65)81(67)63-43-30-41-59(51-63)76(14,72(4,5)6)55-34-23-18-24-35-55/h17-53H,1-16H3. The predicted molar refractivity (Wildman–Crippen MR) is 350 cm³/mol. The maximum atomic E-state index is 2.63. The van der Waals surface area contributed by atoms with Crippen LogP contribution in [-0.4, -0.2) is 6.71 Å². The number of anilines is 6. The fraction of sp³-hybridized carbons (Fsp3) is 0.308. The maximum absolute atomic E-state index is 2.63. The summed E-state index contributed by atoms with van der Waals surface area (Å²) in [5, 5.41) is 0. The van der Waals surface area contributed by atoms with Crippen molar-refractivity contribution in [1.82, 2.24) is 0 Å². The van der Waals surface area contributed by atoms with Crippen LogP contribution in [0.3, 0.4) is 0 Å². The molecule has 0 aromatic heterocycles. The summed E-state index contributed by atoms with van der Waals surface area (Å²) in [6.45, 7) is 38.5. The van der Waals surface area contributed by atoms with Crippen LogP contribution in [0, 0.1) is 21.7 Å². The van der Waals surface area contributed by atoms with E-state index < -0.39 is 0 Å². The lowest BCUT2D eigenvalue weighted by Crippen LogP contribution is -2.61. The molecule has 2 nitrogen and oxygen atoms in total. The summed E-state index contributed by atoms with van der Waals surface area (Å²) in [7, 11) is 0. The fourth-order valence-electron chi connectivity index (χ4n) is 14.2. The largest absolute Gasteiger partial charge is 0.311 e. The molecule has 2 aliphatic heterocycles. The Morgan fingerprint density at radius 1 is 0.235 bits per heavy atom. The molecule has 4 atom stereocenters. The van der Waals surface area contributed by atoms with E-state index in [1.807, 2.05) is 0 Å². The molecule has 0 N–H and O–H groups in total. The number of rotatable bonds is 10. The highest BCUT2D eigenvalue weighted by Crippen LogP contribution is 2.54. The zero-order valence-corrected chi connectivity index (χ0v) is 51.3. The second kappa shape index (κ2) is 19.7. The molecule has 0 aliphatic carbocycles. The van der Waals surface area contributed by atoms with E-state index in [0.717, 1.165) is 11.4 Å². The molecule has 0 saturated heterocycles. The minimum Gasteiger partial charge on any atom is -0.311 e. The first kappa shape index (κ1) is 55.5. The summed E-state index contributed by atoms with van der Waals surface area (Å²) in [5.74, 6) is 0. The Bertz CT molecular complexity index is 3520. The van der Waals surface area contributed by atoms with Crippen LogP contribution in [0.1, 0.15) is 155 Å². The van der Waals surface area contributed by atoms with Crippen LogP contribution < -0.4 is 26.2 Å². The van der Waals surface area contributed by atoms with Gasteiger partial charge in [-0.15, -0.1) is 0 Å². The monoisotopic (exact) mass is 1060 g/mol. The zero-order chi connectivity index (χ0) is 57.7. The Balaban J connectivity index is 1.23. The summed E-state index contributed by atoms with van der Waals surface area (Å²) < 4.78 is 0. The Hall–Kier alpha value is -7.36. The van der Waals surface area contributed by atoms with E-state index in [1.165, 1.54) is 83.6 Å². The van der Waals surface area contributed by atoms with Crippen molar-refractivity contribution in [2.75, 3.05) is 9.80 Å². The van der Waals surface area contributed by atoms with Crippen LogP contribution in [0.15, 0.2) is 224 Å². The summed E-state index contributed by atoms with van der Waals surface area (Å²) >= 11 is 0. The Morgan fingerprint density at radius 3 is 0.778 bits per heavy atom. The van der Waals surface area contributed by atoms with E-state index in [9.17, 15) is 0 Å². The third-order valence-electron chi connectivity index (χ3n) is 20.9. The van der Waals surface area contributed by atoms with Gasteiger partial charge in [0, 0.05) is 55.8 Å². The minimum absolute atomic E-state index is 0.0632. The molecule has 11 rings (SSSR count). The van der Waals surface area contributed by atoms with Crippen LogP contribution in [0.4, 0.5) is 34.1 Å². The number of hydrogen-bond acceptors (Lipinski definition) is 2. The number of hydrogen-bond donors (Lipinski definition) is 0. The highest BCUT2D eigenvalue weighted by atomic mass is 15.2. The van der Waals surface area contributed by atoms with Crippen molar-refractivity contribution >= 4 is 57.2 Å². The van der Waals surface area contributed by atoms with Crippen molar-refractivity contribution in [3.05, 3.63) is 269 Å². The van der Waals surface area contributed by atoms with Crippen molar-refractivity contribution in [3.63, 3.8) is 0 Å². The molecule has 2 aliphatic rings. The topological polar surface area (TPSA) is 6.48 Å². The van der Waals surface area contributed by atoms with Crippen LogP contribution in [0.5, 0.6) is 0 Å². The highest BCUT2D eigenvalue weighted by Gasteiger charge is 2.49. The van der Waals surface area contributed by atoms with E-state index in [2.05, 4.69) is 345 Å². The normalized spacial score (nSPS) is 16.5. The average molecular weight is 1060 g/mol. The summed E-state index contributed by atoms with van der Waals surface area (Å²) in [6, 6.07) is 86.0. The third-order valence-corrected chi connectivity index (χ3v) is 20.9. The van der Waals surface area contributed by atoms with Gasteiger partial charge in [0.2, 0.25) is 0 Å². The first-order valence-corrected chi connectivity index (χ1v) is 29.7. The lowest BCUT2D eigenvalue weighted by Gasteiger charge is -2.48. The molecule has 0 bridgehead atoms. The van der Waals surface area contributed by atoms with E-state index in [0.29, 0.717) is 0 Å². The van der Waals surface area contributed by atoms with Gasteiger partial charge in [-0.25, -0.2) is 0 Å². The molecular weight excluding hydrogens is 976 g/mol. The van der Waals surface area contributed by atoms with Gasteiger partial charge in [-0.1, -0.05) is 287 Å². The zero-order valence-electron chi connectivity index (χ0n) is 51.3. The SMILES string of the molecule is CC(C)(C)C(C)(c1ccccc1)c1cccc(N2c3cc(C(C)(c4ccccc4)C(C)(C)C)ccc3B3c4ccc(C(C)(c5ccccc5)C(C)(C)C)cc4N(c4cccc(C(C)(c5ccccc5)C(C)(C)C)c4)c4cccc2c43)c1. The molecule has 410 valence electrons. The van der Waals surface area contributed by atoms with E-state index in [-0.39, 0.29) is 50.0 Å². The minimum atomic E-state index is -0.325. The van der Waals surface area contributed by atoms with Gasteiger partial charge in [0.15, 0.2) is 0 Å². The van der Waals surface area contributed by atoms with E-state index >= 15 is 0 Å². The number of benzene rings is 9. The van der Waals surface area contributed by atoms with Gasteiger partial charge in [-0.2, -0.15) is 0 Å². The highest BCUT2D eigenvalue weighted by molar-refractivity contribution is 7.00. The number of nitrogens with zero attached hydrogens (tertiary/aromatic N) is 2. The van der Waals surface area contributed by atoms with Crippen LogP contribution in [0.2, 0.25) is 0 Å². The lowest BCUT2D eigenvalue weighted by molar-refractivity contribution is 0.249. The van der Waals surface area contributed by atoms with Gasteiger partial charge < -0.3 is 9.80 Å². The first-order valence-electron chi connectivity index (χ1n) is 29.7.